The Balaban J connectivity index is 1.88. The van der Waals surface area contributed by atoms with Gasteiger partial charge < -0.3 is 10.2 Å². The lowest BCUT2D eigenvalue weighted by Crippen LogP contribution is -2.51. The topological polar surface area (TPSA) is 15.3 Å². The summed E-state index contributed by atoms with van der Waals surface area (Å²) >= 11 is 3.68. The van der Waals surface area contributed by atoms with E-state index < -0.39 is 0 Å². The van der Waals surface area contributed by atoms with Crippen LogP contribution < -0.4 is 10.2 Å². The van der Waals surface area contributed by atoms with E-state index in [1.807, 2.05) is 0 Å². The van der Waals surface area contributed by atoms with E-state index in [9.17, 15) is 0 Å². The highest BCUT2D eigenvalue weighted by Crippen LogP contribution is 2.41. The smallest absolute Gasteiger partial charge is 0.0372 e. The van der Waals surface area contributed by atoms with Gasteiger partial charge in [0, 0.05) is 28.8 Å². The highest BCUT2D eigenvalue weighted by Gasteiger charge is 2.43. The number of nitrogens with zero attached hydrogens (tertiary/aromatic N) is 1. The minimum atomic E-state index is 0.297. The molecule has 1 aromatic rings. The van der Waals surface area contributed by atoms with Crippen molar-refractivity contribution in [1.29, 1.82) is 0 Å². The maximum Gasteiger partial charge on any atom is 0.0372 e. The maximum atomic E-state index is 3.81. The molecule has 1 atom stereocenters. The number of halogens is 1. The van der Waals surface area contributed by atoms with Crippen LogP contribution in [0.5, 0.6) is 0 Å². The van der Waals surface area contributed by atoms with Crippen molar-refractivity contribution >= 4 is 21.6 Å². The predicted octanol–water partition coefficient (Wildman–Crippen LogP) is 4.03. The van der Waals surface area contributed by atoms with Crippen LogP contribution >= 0.6 is 15.9 Å². The van der Waals surface area contributed by atoms with Crippen molar-refractivity contribution in [2.45, 2.75) is 45.6 Å². The first kappa shape index (κ1) is 14.4. The Morgan fingerprint density at radius 1 is 1.25 bits per heavy atom. The van der Waals surface area contributed by atoms with Gasteiger partial charge >= 0.3 is 0 Å². The molecule has 0 radical (unpaired) electrons. The van der Waals surface area contributed by atoms with E-state index >= 15 is 0 Å². The second kappa shape index (κ2) is 5.34. The molecule has 1 aliphatic carbocycles. The van der Waals surface area contributed by atoms with Crippen LogP contribution in [0.3, 0.4) is 0 Å². The highest BCUT2D eigenvalue weighted by molar-refractivity contribution is 9.10. The molecule has 0 spiro atoms. The molecule has 0 aromatic heterocycles. The molecule has 2 aliphatic rings. The predicted molar refractivity (Wildman–Crippen MR) is 89.6 cm³/mol. The Morgan fingerprint density at radius 3 is 2.50 bits per heavy atom. The molecule has 3 heteroatoms. The first-order chi connectivity index (χ1) is 9.49. The van der Waals surface area contributed by atoms with Crippen molar-refractivity contribution in [3.8, 4) is 0 Å². The van der Waals surface area contributed by atoms with Gasteiger partial charge in [-0.3, -0.25) is 0 Å². The van der Waals surface area contributed by atoms with Gasteiger partial charge in [0.05, 0.1) is 0 Å². The van der Waals surface area contributed by atoms with Crippen LogP contribution in [0.1, 0.15) is 37.3 Å². The van der Waals surface area contributed by atoms with Gasteiger partial charge in [0.15, 0.2) is 0 Å². The van der Waals surface area contributed by atoms with Crippen LogP contribution in [0.2, 0.25) is 0 Å². The van der Waals surface area contributed by atoms with E-state index in [2.05, 4.69) is 59.1 Å². The quantitative estimate of drug-likeness (QED) is 0.876. The van der Waals surface area contributed by atoms with Gasteiger partial charge in [0.1, 0.15) is 0 Å². The number of nitrogens with one attached hydrogen (secondary N) is 1. The number of anilines is 1. The van der Waals surface area contributed by atoms with Crippen molar-refractivity contribution in [2.24, 2.45) is 5.92 Å². The number of rotatable bonds is 2. The third kappa shape index (κ3) is 2.75. The Hall–Kier alpha value is -0.540. The summed E-state index contributed by atoms with van der Waals surface area (Å²) in [5.41, 5.74) is 4.36. The van der Waals surface area contributed by atoms with E-state index in [4.69, 9.17) is 0 Å². The summed E-state index contributed by atoms with van der Waals surface area (Å²) in [6.07, 6.45) is 4.03. The lowest BCUT2D eigenvalue weighted by molar-refractivity contribution is 0.331. The third-order valence-corrected chi connectivity index (χ3v) is 6.17. The summed E-state index contributed by atoms with van der Waals surface area (Å²) in [5.74, 6) is 0.876. The summed E-state index contributed by atoms with van der Waals surface area (Å²) in [4.78, 5) is 2.59. The fourth-order valence-electron chi connectivity index (χ4n) is 3.50. The molecule has 1 heterocycles. The minimum absolute atomic E-state index is 0.297. The zero-order chi connectivity index (χ0) is 14.3. The van der Waals surface area contributed by atoms with Gasteiger partial charge in [-0.25, -0.2) is 0 Å². The molecule has 0 bridgehead atoms. The Morgan fingerprint density at radius 2 is 1.90 bits per heavy atom. The van der Waals surface area contributed by atoms with Crippen molar-refractivity contribution in [3.05, 3.63) is 27.7 Å². The molecular formula is C17H25BrN2. The molecule has 1 saturated carbocycles. The largest absolute Gasteiger partial charge is 0.370 e. The molecule has 110 valence electrons. The Kier molecular flexibility index (Phi) is 3.85. The first-order valence-corrected chi connectivity index (χ1v) is 8.56. The van der Waals surface area contributed by atoms with Crippen LogP contribution in [-0.2, 0) is 0 Å². The van der Waals surface area contributed by atoms with Gasteiger partial charge in [-0.15, -0.1) is 0 Å². The molecule has 2 fully saturated rings. The summed E-state index contributed by atoms with van der Waals surface area (Å²) in [7, 11) is 0. The van der Waals surface area contributed by atoms with Crippen molar-refractivity contribution in [3.63, 3.8) is 0 Å². The standard InChI is InChI=1S/C17H25BrN2/c1-12-9-15(10-13(2)16(12)18)20-8-4-7-19-17(3,11-20)14-5-6-14/h9-10,14,19H,4-8,11H2,1-3H3. The molecule has 1 aromatic carbocycles. The number of aryl methyl sites for hydroxylation is 2. The van der Waals surface area contributed by atoms with Gasteiger partial charge in [-0.2, -0.15) is 0 Å². The SMILES string of the molecule is Cc1cc(N2CCCNC(C)(C3CC3)C2)cc(C)c1Br. The molecule has 1 N–H and O–H groups in total. The van der Waals surface area contributed by atoms with E-state index in [0.717, 1.165) is 25.6 Å². The lowest BCUT2D eigenvalue weighted by atomic mass is 9.95. The molecule has 0 amide bonds. The van der Waals surface area contributed by atoms with Crippen molar-refractivity contribution in [1.82, 2.24) is 5.32 Å². The van der Waals surface area contributed by atoms with E-state index in [0.29, 0.717) is 5.54 Å². The first-order valence-electron chi connectivity index (χ1n) is 7.76. The van der Waals surface area contributed by atoms with Crippen LogP contribution in [0.4, 0.5) is 5.69 Å². The number of hydrogen-bond donors (Lipinski definition) is 1. The van der Waals surface area contributed by atoms with Crippen LogP contribution in [-0.4, -0.2) is 25.2 Å². The minimum Gasteiger partial charge on any atom is -0.370 e. The highest BCUT2D eigenvalue weighted by atomic mass is 79.9. The fraction of sp³-hybridized carbons (Fsp3) is 0.647. The average molecular weight is 337 g/mol. The van der Waals surface area contributed by atoms with Crippen LogP contribution in [0.15, 0.2) is 16.6 Å². The van der Waals surface area contributed by atoms with Crippen LogP contribution in [0.25, 0.3) is 0 Å². The second-order valence-corrected chi connectivity index (χ2v) is 7.58. The molecule has 1 aliphatic heterocycles. The lowest BCUT2D eigenvalue weighted by Gasteiger charge is -2.35. The summed E-state index contributed by atoms with van der Waals surface area (Å²) in [6.45, 7) is 10.3. The average Bonchev–Trinajstić information content (AvgIpc) is 3.22. The fourth-order valence-corrected chi connectivity index (χ4v) is 3.72. The van der Waals surface area contributed by atoms with E-state index in [-0.39, 0.29) is 0 Å². The summed E-state index contributed by atoms with van der Waals surface area (Å²) in [5, 5.41) is 3.81. The van der Waals surface area contributed by atoms with E-state index in [1.54, 1.807) is 0 Å². The molecular weight excluding hydrogens is 312 g/mol. The number of hydrogen-bond acceptors (Lipinski definition) is 2. The van der Waals surface area contributed by atoms with Crippen molar-refractivity contribution < 1.29 is 0 Å². The van der Waals surface area contributed by atoms with Gasteiger partial charge in [0.25, 0.3) is 0 Å². The zero-order valence-corrected chi connectivity index (χ0v) is 14.4. The third-order valence-electron chi connectivity index (χ3n) is 4.92. The molecule has 20 heavy (non-hydrogen) atoms. The maximum absolute atomic E-state index is 3.81. The molecule has 2 nitrogen and oxygen atoms in total. The van der Waals surface area contributed by atoms with Gasteiger partial charge in [0.2, 0.25) is 0 Å². The Labute approximate surface area is 131 Å². The van der Waals surface area contributed by atoms with Gasteiger partial charge in [-0.05, 0) is 75.8 Å². The van der Waals surface area contributed by atoms with Crippen molar-refractivity contribution in [2.75, 3.05) is 24.5 Å². The zero-order valence-electron chi connectivity index (χ0n) is 12.8. The molecule has 3 rings (SSSR count). The molecule has 1 unspecified atom stereocenters. The van der Waals surface area contributed by atoms with Crippen LogP contribution in [0, 0.1) is 19.8 Å². The summed E-state index contributed by atoms with van der Waals surface area (Å²) in [6, 6.07) is 4.66. The second-order valence-electron chi connectivity index (χ2n) is 6.79. The summed E-state index contributed by atoms with van der Waals surface area (Å²) < 4.78 is 1.25. The molecule has 1 saturated heterocycles. The monoisotopic (exact) mass is 336 g/mol. The van der Waals surface area contributed by atoms with E-state index in [1.165, 1.54) is 40.5 Å². The number of benzene rings is 1. The normalized spacial score (nSPS) is 27.5. The van der Waals surface area contributed by atoms with Gasteiger partial charge in [-0.1, -0.05) is 15.9 Å². The Bertz CT molecular complexity index is 487.